The summed E-state index contributed by atoms with van der Waals surface area (Å²) in [6, 6.07) is 23.8. The van der Waals surface area contributed by atoms with Crippen LogP contribution in [0, 0.1) is 5.92 Å². The van der Waals surface area contributed by atoms with E-state index in [1.807, 2.05) is 30.3 Å². The lowest BCUT2D eigenvalue weighted by molar-refractivity contribution is -0.122. The van der Waals surface area contributed by atoms with Crippen LogP contribution in [0.4, 0.5) is 17.1 Å². The van der Waals surface area contributed by atoms with Crippen LogP contribution < -0.4 is 15.5 Å². The van der Waals surface area contributed by atoms with Crippen molar-refractivity contribution >= 4 is 34.8 Å². The molecule has 4 rings (SSSR count). The van der Waals surface area contributed by atoms with Gasteiger partial charge in [-0.1, -0.05) is 43.3 Å². The van der Waals surface area contributed by atoms with Crippen LogP contribution in [-0.4, -0.2) is 24.3 Å². The molecule has 1 fully saturated rings. The van der Waals surface area contributed by atoms with Gasteiger partial charge in [-0.2, -0.15) is 0 Å². The van der Waals surface area contributed by atoms with Crippen molar-refractivity contribution < 1.29 is 14.4 Å². The van der Waals surface area contributed by atoms with Crippen LogP contribution in [0.15, 0.2) is 78.9 Å². The third-order valence-electron chi connectivity index (χ3n) is 5.58. The maximum absolute atomic E-state index is 12.8. The number of benzene rings is 3. The summed E-state index contributed by atoms with van der Waals surface area (Å²) < 4.78 is 0. The summed E-state index contributed by atoms with van der Waals surface area (Å²) >= 11 is 0. The van der Waals surface area contributed by atoms with Gasteiger partial charge in [-0.05, 0) is 54.4 Å². The summed E-state index contributed by atoms with van der Waals surface area (Å²) in [5, 5.41) is 5.71. The lowest BCUT2D eigenvalue weighted by Crippen LogP contribution is -2.28. The number of hydrogen-bond donors (Lipinski definition) is 2. The molecule has 32 heavy (non-hydrogen) atoms. The SMILES string of the molecule is CCc1ccc(N2CC(C(=O)Nc3cccc(NC(=O)c4ccccc4)c3)CC2=O)cc1. The summed E-state index contributed by atoms with van der Waals surface area (Å²) in [7, 11) is 0. The van der Waals surface area contributed by atoms with Gasteiger partial charge in [-0.3, -0.25) is 14.4 Å². The average molecular weight is 428 g/mol. The first-order chi connectivity index (χ1) is 15.5. The molecule has 6 heteroatoms. The number of aryl methyl sites for hydroxylation is 1. The predicted octanol–water partition coefficient (Wildman–Crippen LogP) is 4.49. The standard InChI is InChI=1S/C26H25N3O3/c1-2-18-11-13-23(14-12-18)29-17-20(15-24(29)30)26(32)28-22-10-6-9-21(16-22)27-25(31)19-7-4-3-5-8-19/h3-14,16,20H,2,15,17H2,1H3,(H,27,31)(H,28,32). The van der Waals surface area contributed by atoms with Crippen molar-refractivity contribution in [2.24, 2.45) is 5.92 Å². The largest absolute Gasteiger partial charge is 0.326 e. The number of anilines is 3. The number of rotatable bonds is 6. The summed E-state index contributed by atoms with van der Waals surface area (Å²) in [6.45, 7) is 2.43. The summed E-state index contributed by atoms with van der Waals surface area (Å²) in [6.07, 6.45) is 1.11. The van der Waals surface area contributed by atoms with E-state index in [0.29, 0.717) is 23.5 Å². The van der Waals surface area contributed by atoms with Gasteiger partial charge in [0.1, 0.15) is 0 Å². The van der Waals surface area contributed by atoms with Crippen LogP contribution in [0.25, 0.3) is 0 Å². The Balaban J connectivity index is 1.39. The van der Waals surface area contributed by atoms with E-state index in [-0.39, 0.29) is 24.1 Å². The van der Waals surface area contributed by atoms with E-state index in [1.165, 1.54) is 5.56 Å². The van der Waals surface area contributed by atoms with Crippen LogP contribution in [0.5, 0.6) is 0 Å². The molecule has 6 nitrogen and oxygen atoms in total. The van der Waals surface area contributed by atoms with Gasteiger partial charge in [0.15, 0.2) is 0 Å². The Labute approximate surface area is 187 Å². The van der Waals surface area contributed by atoms with Gasteiger partial charge in [-0.25, -0.2) is 0 Å². The fourth-order valence-electron chi connectivity index (χ4n) is 3.76. The van der Waals surface area contributed by atoms with Crippen LogP contribution in [0.1, 0.15) is 29.3 Å². The molecule has 1 aliphatic rings. The molecule has 2 N–H and O–H groups in total. The monoisotopic (exact) mass is 427 g/mol. The molecule has 0 bridgehead atoms. The number of nitrogens with zero attached hydrogens (tertiary/aromatic N) is 1. The van der Waals surface area contributed by atoms with Gasteiger partial charge in [0.05, 0.1) is 5.92 Å². The number of carbonyl (C=O) groups excluding carboxylic acids is 3. The number of carbonyl (C=O) groups is 3. The Morgan fingerprint density at radius 3 is 2.28 bits per heavy atom. The Bertz CT molecular complexity index is 1130. The van der Waals surface area contributed by atoms with Crippen molar-refractivity contribution in [3.63, 3.8) is 0 Å². The molecule has 0 aromatic heterocycles. The Morgan fingerprint density at radius 2 is 1.59 bits per heavy atom. The van der Waals surface area contributed by atoms with Gasteiger partial charge in [0.25, 0.3) is 5.91 Å². The zero-order valence-electron chi connectivity index (χ0n) is 17.9. The Morgan fingerprint density at radius 1 is 0.906 bits per heavy atom. The van der Waals surface area contributed by atoms with Gasteiger partial charge in [-0.15, -0.1) is 0 Å². The van der Waals surface area contributed by atoms with Crippen LogP contribution in [0.2, 0.25) is 0 Å². The topological polar surface area (TPSA) is 78.5 Å². The minimum Gasteiger partial charge on any atom is -0.326 e. The van der Waals surface area contributed by atoms with E-state index in [2.05, 4.69) is 17.6 Å². The average Bonchev–Trinajstić information content (AvgIpc) is 3.21. The van der Waals surface area contributed by atoms with Crippen molar-refractivity contribution in [1.82, 2.24) is 0 Å². The molecule has 3 aromatic carbocycles. The van der Waals surface area contributed by atoms with Crippen LogP contribution >= 0.6 is 0 Å². The van der Waals surface area contributed by atoms with E-state index in [1.54, 1.807) is 53.4 Å². The summed E-state index contributed by atoms with van der Waals surface area (Å²) in [5.41, 5.74) is 3.72. The molecule has 1 aliphatic heterocycles. The van der Waals surface area contributed by atoms with Crippen molar-refractivity contribution in [2.45, 2.75) is 19.8 Å². The lowest BCUT2D eigenvalue weighted by Gasteiger charge is -2.17. The zero-order chi connectivity index (χ0) is 22.5. The molecule has 0 saturated carbocycles. The second-order valence-electron chi connectivity index (χ2n) is 7.82. The quantitative estimate of drug-likeness (QED) is 0.608. The third kappa shape index (κ3) is 4.86. The van der Waals surface area contributed by atoms with Crippen molar-refractivity contribution in [1.29, 1.82) is 0 Å². The molecule has 0 spiro atoms. The molecular formula is C26H25N3O3. The maximum atomic E-state index is 12.8. The summed E-state index contributed by atoms with van der Waals surface area (Å²) in [4.78, 5) is 39.3. The zero-order valence-corrected chi connectivity index (χ0v) is 17.9. The molecule has 162 valence electrons. The fourth-order valence-corrected chi connectivity index (χ4v) is 3.76. The highest BCUT2D eigenvalue weighted by molar-refractivity contribution is 6.05. The highest BCUT2D eigenvalue weighted by Crippen LogP contribution is 2.27. The number of nitrogens with one attached hydrogen (secondary N) is 2. The minimum atomic E-state index is -0.434. The molecule has 0 radical (unpaired) electrons. The molecule has 3 aromatic rings. The van der Waals surface area contributed by atoms with Crippen molar-refractivity contribution in [3.05, 3.63) is 90.0 Å². The van der Waals surface area contributed by atoms with E-state index < -0.39 is 5.92 Å². The Hall–Kier alpha value is -3.93. The van der Waals surface area contributed by atoms with Gasteiger partial charge in [0.2, 0.25) is 11.8 Å². The van der Waals surface area contributed by atoms with E-state index in [0.717, 1.165) is 12.1 Å². The highest BCUT2D eigenvalue weighted by atomic mass is 16.2. The first kappa shape index (κ1) is 21.3. The predicted molar refractivity (Wildman–Crippen MR) is 126 cm³/mol. The normalized spacial score (nSPS) is 15.5. The van der Waals surface area contributed by atoms with E-state index >= 15 is 0 Å². The van der Waals surface area contributed by atoms with Crippen LogP contribution in [-0.2, 0) is 16.0 Å². The van der Waals surface area contributed by atoms with Crippen molar-refractivity contribution in [2.75, 3.05) is 22.1 Å². The molecule has 0 aliphatic carbocycles. The van der Waals surface area contributed by atoms with Gasteiger partial charge >= 0.3 is 0 Å². The molecule has 1 heterocycles. The number of amides is 3. The smallest absolute Gasteiger partial charge is 0.255 e. The first-order valence-electron chi connectivity index (χ1n) is 10.7. The van der Waals surface area contributed by atoms with Gasteiger partial charge < -0.3 is 15.5 Å². The van der Waals surface area contributed by atoms with Crippen molar-refractivity contribution in [3.8, 4) is 0 Å². The minimum absolute atomic E-state index is 0.0572. The molecule has 1 saturated heterocycles. The molecule has 3 amide bonds. The lowest BCUT2D eigenvalue weighted by atomic mass is 10.1. The second kappa shape index (κ2) is 9.47. The van der Waals surface area contributed by atoms with Gasteiger partial charge in [0, 0.05) is 35.6 Å². The number of hydrogen-bond acceptors (Lipinski definition) is 3. The van der Waals surface area contributed by atoms with E-state index in [9.17, 15) is 14.4 Å². The maximum Gasteiger partial charge on any atom is 0.255 e. The highest BCUT2D eigenvalue weighted by Gasteiger charge is 2.35. The molecule has 1 atom stereocenters. The van der Waals surface area contributed by atoms with Crippen LogP contribution in [0.3, 0.4) is 0 Å². The third-order valence-corrected chi connectivity index (χ3v) is 5.58. The second-order valence-corrected chi connectivity index (χ2v) is 7.82. The molecular weight excluding hydrogens is 402 g/mol. The fraction of sp³-hybridized carbons (Fsp3) is 0.192. The van der Waals surface area contributed by atoms with E-state index in [4.69, 9.17) is 0 Å². The Kier molecular flexibility index (Phi) is 6.31. The summed E-state index contributed by atoms with van der Waals surface area (Å²) in [5.74, 6) is -0.924. The molecule has 1 unspecified atom stereocenters. The first-order valence-corrected chi connectivity index (χ1v) is 10.7.